The first-order valence-corrected chi connectivity index (χ1v) is 10.4. The molecule has 0 fully saturated rings. The van der Waals surface area contributed by atoms with Crippen LogP contribution in [0.25, 0.3) is 0 Å². The van der Waals surface area contributed by atoms with Crippen molar-refractivity contribution in [1.29, 1.82) is 0 Å². The van der Waals surface area contributed by atoms with Crippen LogP contribution in [0.2, 0.25) is 0 Å². The Bertz CT molecular complexity index is 1010. The number of benzene rings is 1. The minimum absolute atomic E-state index is 0.0650. The van der Waals surface area contributed by atoms with Crippen molar-refractivity contribution in [2.75, 3.05) is 20.6 Å². The number of sulfone groups is 1. The first-order chi connectivity index (χ1) is 13.4. The largest absolute Gasteiger partial charge is 0.468 e. The number of hydrogen-bond acceptors (Lipinski definition) is 6. The quantitative estimate of drug-likeness (QED) is 0.623. The summed E-state index contributed by atoms with van der Waals surface area (Å²) < 4.78 is 35.7. The third kappa shape index (κ3) is 4.71. The van der Waals surface area contributed by atoms with Crippen LogP contribution in [0.3, 0.4) is 0 Å². The van der Waals surface area contributed by atoms with Gasteiger partial charge in [-0.1, -0.05) is 18.2 Å². The summed E-state index contributed by atoms with van der Waals surface area (Å²) in [6.07, 6.45) is 1.58. The highest BCUT2D eigenvalue weighted by Gasteiger charge is 2.21. The smallest absolute Gasteiger partial charge is 0.287 e. The van der Waals surface area contributed by atoms with Gasteiger partial charge in [0.15, 0.2) is 15.6 Å². The number of carbonyl (C=O) groups is 1. The Hall–Kier alpha value is -2.84. The van der Waals surface area contributed by atoms with Gasteiger partial charge in [-0.15, -0.1) is 0 Å². The van der Waals surface area contributed by atoms with Crippen molar-refractivity contribution in [1.82, 2.24) is 10.2 Å². The monoisotopic (exact) mass is 402 g/mol. The van der Waals surface area contributed by atoms with E-state index in [4.69, 9.17) is 8.83 Å². The lowest BCUT2D eigenvalue weighted by Gasteiger charge is -2.22. The van der Waals surface area contributed by atoms with Crippen molar-refractivity contribution in [2.45, 2.75) is 16.7 Å². The summed E-state index contributed by atoms with van der Waals surface area (Å²) in [6.45, 7) is 0.317. The fourth-order valence-electron chi connectivity index (χ4n) is 2.77. The van der Waals surface area contributed by atoms with Crippen LogP contribution in [0.4, 0.5) is 0 Å². The SMILES string of the molecule is CN(C)C(CNC(=O)c1ccc(CS(=O)(=O)c2ccccc2)o1)c1ccco1. The minimum atomic E-state index is -3.54. The van der Waals surface area contributed by atoms with E-state index in [9.17, 15) is 13.2 Å². The highest BCUT2D eigenvalue weighted by atomic mass is 32.2. The van der Waals surface area contributed by atoms with Crippen LogP contribution in [0.15, 0.2) is 74.6 Å². The Morgan fingerprint density at radius 1 is 1.07 bits per heavy atom. The second-order valence-corrected chi connectivity index (χ2v) is 8.53. The van der Waals surface area contributed by atoms with Gasteiger partial charge < -0.3 is 14.2 Å². The number of carbonyl (C=O) groups excluding carboxylic acids is 1. The van der Waals surface area contributed by atoms with Crippen molar-refractivity contribution in [3.05, 3.63) is 78.1 Å². The summed E-state index contributed by atoms with van der Waals surface area (Å²) in [5.74, 6) is 0.289. The topological polar surface area (TPSA) is 92.8 Å². The molecule has 0 aliphatic rings. The summed E-state index contributed by atoms with van der Waals surface area (Å²) in [5, 5.41) is 2.79. The third-order valence-electron chi connectivity index (χ3n) is 4.27. The first-order valence-electron chi connectivity index (χ1n) is 8.71. The summed E-state index contributed by atoms with van der Waals surface area (Å²) >= 11 is 0. The molecule has 1 atom stereocenters. The molecule has 0 bridgehead atoms. The third-order valence-corrected chi connectivity index (χ3v) is 5.93. The number of furan rings is 2. The fourth-order valence-corrected chi connectivity index (χ4v) is 4.04. The molecule has 2 aromatic heterocycles. The maximum Gasteiger partial charge on any atom is 0.287 e. The maximum atomic E-state index is 12.4. The molecule has 7 nitrogen and oxygen atoms in total. The summed E-state index contributed by atoms with van der Waals surface area (Å²) in [7, 11) is 0.239. The van der Waals surface area contributed by atoms with E-state index in [1.165, 1.54) is 24.3 Å². The molecule has 1 aromatic carbocycles. The molecule has 8 heteroatoms. The van der Waals surface area contributed by atoms with Gasteiger partial charge in [0, 0.05) is 6.54 Å². The van der Waals surface area contributed by atoms with Gasteiger partial charge in [0.25, 0.3) is 5.91 Å². The molecule has 0 saturated heterocycles. The zero-order valence-corrected chi connectivity index (χ0v) is 16.5. The van der Waals surface area contributed by atoms with E-state index in [-0.39, 0.29) is 28.2 Å². The Balaban J connectivity index is 1.64. The van der Waals surface area contributed by atoms with Crippen molar-refractivity contribution in [3.8, 4) is 0 Å². The second kappa shape index (κ2) is 8.45. The maximum absolute atomic E-state index is 12.4. The molecule has 1 N–H and O–H groups in total. The zero-order valence-electron chi connectivity index (χ0n) is 15.7. The molecule has 1 unspecified atom stereocenters. The van der Waals surface area contributed by atoms with Crippen LogP contribution in [-0.2, 0) is 15.6 Å². The molecule has 0 spiro atoms. The highest BCUT2D eigenvalue weighted by molar-refractivity contribution is 7.90. The van der Waals surface area contributed by atoms with Gasteiger partial charge >= 0.3 is 0 Å². The Kier molecular flexibility index (Phi) is 6.01. The average Bonchev–Trinajstić information content (AvgIpc) is 3.34. The van der Waals surface area contributed by atoms with E-state index < -0.39 is 15.7 Å². The average molecular weight is 402 g/mol. The van der Waals surface area contributed by atoms with Crippen molar-refractivity contribution < 1.29 is 22.0 Å². The first kappa shape index (κ1) is 19.9. The fraction of sp³-hybridized carbons (Fsp3) is 0.250. The number of rotatable bonds is 8. The number of likely N-dealkylation sites (N-methyl/N-ethyl adjacent to an activating group) is 1. The van der Waals surface area contributed by atoms with Crippen molar-refractivity contribution in [3.63, 3.8) is 0 Å². The lowest BCUT2D eigenvalue weighted by molar-refractivity contribution is 0.0909. The van der Waals surface area contributed by atoms with Crippen LogP contribution >= 0.6 is 0 Å². The minimum Gasteiger partial charge on any atom is -0.468 e. The van der Waals surface area contributed by atoms with E-state index in [0.29, 0.717) is 6.54 Å². The molecular weight excluding hydrogens is 380 g/mol. The molecule has 148 valence electrons. The predicted octanol–water partition coefficient (Wildman–Crippen LogP) is 2.88. The van der Waals surface area contributed by atoms with Gasteiger partial charge in [0.1, 0.15) is 17.3 Å². The number of hydrogen-bond donors (Lipinski definition) is 1. The Labute approximate surface area is 163 Å². The Morgan fingerprint density at radius 2 is 1.82 bits per heavy atom. The van der Waals surface area contributed by atoms with E-state index in [1.807, 2.05) is 25.1 Å². The molecule has 0 radical (unpaired) electrons. The van der Waals surface area contributed by atoms with Crippen molar-refractivity contribution >= 4 is 15.7 Å². The van der Waals surface area contributed by atoms with Crippen molar-refractivity contribution in [2.24, 2.45) is 0 Å². The molecule has 0 saturated carbocycles. The van der Waals surface area contributed by atoms with E-state index in [2.05, 4.69) is 5.32 Å². The van der Waals surface area contributed by atoms with Crippen LogP contribution in [0.1, 0.15) is 28.1 Å². The van der Waals surface area contributed by atoms with Gasteiger partial charge in [0.05, 0.1) is 17.2 Å². The molecule has 0 aliphatic heterocycles. The molecule has 2 heterocycles. The van der Waals surface area contributed by atoms with E-state index >= 15 is 0 Å². The van der Waals surface area contributed by atoms with Crippen LogP contribution in [-0.4, -0.2) is 39.9 Å². The van der Waals surface area contributed by atoms with Crippen LogP contribution < -0.4 is 5.32 Å². The molecule has 0 aliphatic carbocycles. The summed E-state index contributed by atoms with van der Waals surface area (Å²) in [4.78, 5) is 14.5. The molecular formula is C20H22N2O5S. The van der Waals surface area contributed by atoms with Gasteiger partial charge in [0.2, 0.25) is 0 Å². The van der Waals surface area contributed by atoms with Crippen LogP contribution in [0, 0.1) is 0 Å². The number of amides is 1. The predicted molar refractivity (Wildman–Crippen MR) is 104 cm³/mol. The lowest BCUT2D eigenvalue weighted by atomic mass is 10.2. The molecule has 3 aromatic rings. The highest BCUT2D eigenvalue weighted by Crippen LogP contribution is 2.20. The molecule has 28 heavy (non-hydrogen) atoms. The second-order valence-electron chi connectivity index (χ2n) is 6.54. The standard InChI is InChI=1S/C20H22N2O5S/c1-22(2)17(18-9-6-12-26-18)13-21-20(23)19-11-10-15(27-19)14-28(24,25)16-7-4-3-5-8-16/h3-12,17H,13-14H2,1-2H3,(H,21,23). The van der Waals surface area contributed by atoms with Gasteiger partial charge in [-0.2, -0.15) is 0 Å². The summed E-state index contributed by atoms with van der Waals surface area (Å²) in [5.41, 5.74) is 0. The van der Waals surface area contributed by atoms with Crippen LogP contribution in [0.5, 0.6) is 0 Å². The Morgan fingerprint density at radius 3 is 2.46 bits per heavy atom. The molecule has 1 amide bonds. The number of nitrogens with zero attached hydrogens (tertiary/aromatic N) is 1. The van der Waals surface area contributed by atoms with E-state index in [0.717, 1.165) is 5.76 Å². The zero-order chi connectivity index (χ0) is 20.1. The molecule has 3 rings (SSSR count). The normalized spacial score (nSPS) is 12.8. The lowest BCUT2D eigenvalue weighted by Crippen LogP contribution is -2.34. The van der Waals surface area contributed by atoms with Gasteiger partial charge in [-0.25, -0.2) is 8.42 Å². The van der Waals surface area contributed by atoms with Gasteiger partial charge in [-0.3, -0.25) is 9.69 Å². The summed E-state index contributed by atoms with van der Waals surface area (Å²) in [6, 6.07) is 14.6. The van der Waals surface area contributed by atoms with Gasteiger partial charge in [-0.05, 0) is 50.5 Å². The number of nitrogens with one attached hydrogen (secondary N) is 1. The van der Waals surface area contributed by atoms with E-state index in [1.54, 1.807) is 30.5 Å².